The van der Waals surface area contributed by atoms with E-state index in [4.69, 9.17) is 9.84 Å². The third-order valence-corrected chi connectivity index (χ3v) is 3.14. The Bertz CT molecular complexity index is 211. The highest BCUT2D eigenvalue weighted by Crippen LogP contribution is 2.39. The van der Waals surface area contributed by atoms with E-state index >= 15 is 0 Å². The summed E-state index contributed by atoms with van der Waals surface area (Å²) in [6.45, 7) is 1.82. The lowest BCUT2D eigenvalue weighted by molar-refractivity contribution is -0.152. The van der Waals surface area contributed by atoms with Gasteiger partial charge in [-0.05, 0) is 13.1 Å². The SMILES string of the molecule is O=C1CC(CO)C2(CCNCC2)O1. The number of hydrogen-bond acceptors (Lipinski definition) is 4. The van der Waals surface area contributed by atoms with Gasteiger partial charge in [-0.25, -0.2) is 0 Å². The van der Waals surface area contributed by atoms with Crippen molar-refractivity contribution in [3.63, 3.8) is 0 Å². The zero-order chi connectivity index (χ0) is 9.31. The molecule has 2 N–H and O–H groups in total. The highest BCUT2D eigenvalue weighted by molar-refractivity contribution is 5.73. The molecule has 2 heterocycles. The summed E-state index contributed by atoms with van der Waals surface area (Å²) in [5.41, 5.74) is -0.350. The first-order valence-corrected chi connectivity index (χ1v) is 4.80. The molecule has 2 aliphatic heterocycles. The Morgan fingerprint density at radius 2 is 2.23 bits per heavy atom. The van der Waals surface area contributed by atoms with E-state index in [0.717, 1.165) is 25.9 Å². The van der Waals surface area contributed by atoms with E-state index < -0.39 is 0 Å². The van der Waals surface area contributed by atoms with Gasteiger partial charge in [0.1, 0.15) is 5.60 Å². The van der Waals surface area contributed by atoms with Gasteiger partial charge in [0.15, 0.2) is 0 Å². The number of esters is 1. The van der Waals surface area contributed by atoms with Crippen molar-refractivity contribution in [2.24, 2.45) is 5.92 Å². The van der Waals surface area contributed by atoms with Gasteiger partial charge in [0.25, 0.3) is 0 Å². The molecule has 4 nitrogen and oxygen atoms in total. The van der Waals surface area contributed by atoms with Gasteiger partial charge >= 0.3 is 5.97 Å². The van der Waals surface area contributed by atoms with Crippen LogP contribution in [-0.2, 0) is 9.53 Å². The molecule has 1 unspecified atom stereocenters. The minimum Gasteiger partial charge on any atom is -0.459 e. The Balaban J connectivity index is 2.13. The van der Waals surface area contributed by atoms with Crippen molar-refractivity contribution >= 4 is 5.97 Å². The van der Waals surface area contributed by atoms with Crippen LogP contribution >= 0.6 is 0 Å². The Kier molecular flexibility index (Phi) is 2.26. The van der Waals surface area contributed by atoms with Gasteiger partial charge in [-0.3, -0.25) is 4.79 Å². The van der Waals surface area contributed by atoms with Crippen molar-refractivity contribution in [2.75, 3.05) is 19.7 Å². The van der Waals surface area contributed by atoms with Crippen LogP contribution in [0.3, 0.4) is 0 Å². The van der Waals surface area contributed by atoms with Crippen LogP contribution < -0.4 is 5.32 Å². The van der Waals surface area contributed by atoms with Crippen LogP contribution in [0, 0.1) is 5.92 Å². The predicted octanol–water partition coefficient (Wildman–Crippen LogP) is -0.336. The number of hydrogen-bond donors (Lipinski definition) is 2. The second-order valence-corrected chi connectivity index (χ2v) is 3.87. The van der Waals surface area contributed by atoms with Crippen molar-refractivity contribution in [2.45, 2.75) is 24.9 Å². The number of rotatable bonds is 1. The average molecular weight is 185 g/mol. The molecule has 2 rings (SSSR count). The van der Waals surface area contributed by atoms with E-state index in [1.54, 1.807) is 0 Å². The molecule has 0 bridgehead atoms. The fourth-order valence-corrected chi connectivity index (χ4v) is 2.33. The maximum Gasteiger partial charge on any atom is 0.306 e. The number of ether oxygens (including phenoxy) is 1. The van der Waals surface area contributed by atoms with E-state index in [1.165, 1.54) is 0 Å². The van der Waals surface area contributed by atoms with Crippen LogP contribution in [0.5, 0.6) is 0 Å². The molecule has 0 aliphatic carbocycles. The second-order valence-electron chi connectivity index (χ2n) is 3.87. The Labute approximate surface area is 77.3 Å². The molecule has 0 radical (unpaired) electrons. The number of nitrogens with one attached hydrogen (secondary N) is 1. The fourth-order valence-electron chi connectivity index (χ4n) is 2.33. The lowest BCUT2D eigenvalue weighted by Gasteiger charge is -2.36. The summed E-state index contributed by atoms with van der Waals surface area (Å²) in [7, 11) is 0. The molecule has 13 heavy (non-hydrogen) atoms. The summed E-state index contributed by atoms with van der Waals surface area (Å²) in [5.74, 6) is -0.136. The lowest BCUT2D eigenvalue weighted by atomic mass is 9.80. The van der Waals surface area contributed by atoms with Crippen LogP contribution in [0.25, 0.3) is 0 Å². The summed E-state index contributed by atoms with van der Waals surface area (Å²) in [6.07, 6.45) is 2.06. The van der Waals surface area contributed by atoms with Crippen LogP contribution in [0.4, 0.5) is 0 Å². The number of aliphatic hydroxyl groups is 1. The summed E-state index contributed by atoms with van der Waals surface area (Å²) in [5, 5.41) is 12.4. The van der Waals surface area contributed by atoms with Crippen LogP contribution in [0.15, 0.2) is 0 Å². The molecule has 0 aromatic heterocycles. The number of piperidine rings is 1. The minimum atomic E-state index is -0.350. The standard InChI is InChI=1S/C9H15NO3/c11-6-7-5-8(12)13-9(7)1-3-10-4-2-9/h7,10-11H,1-6H2. The molecule has 1 atom stereocenters. The van der Waals surface area contributed by atoms with E-state index in [-0.39, 0.29) is 24.1 Å². The maximum atomic E-state index is 11.1. The number of carbonyl (C=O) groups is 1. The van der Waals surface area contributed by atoms with Gasteiger partial charge in [0.05, 0.1) is 13.0 Å². The highest BCUT2D eigenvalue weighted by atomic mass is 16.6. The second kappa shape index (κ2) is 3.27. The van der Waals surface area contributed by atoms with Crippen LogP contribution in [0.2, 0.25) is 0 Å². The highest BCUT2D eigenvalue weighted by Gasteiger charge is 2.48. The Morgan fingerprint density at radius 3 is 2.85 bits per heavy atom. The van der Waals surface area contributed by atoms with Gasteiger partial charge in [-0.15, -0.1) is 0 Å². The molecule has 74 valence electrons. The smallest absolute Gasteiger partial charge is 0.306 e. The van der Waals surface area contributed by atoms with Gasteiger partial charge < -0.3 is 15.2 Å². The van der Waals surface area contributed by atoms with Crippen molar-refractivity contribution in [1.82, 2.24) is 5.32 Å². The zero-order valence-corrected chi connectivity index (χ0v) is 7.58. The monoisotopic (exact) mass is 185 g/mol. The molecule has 2 aliphatic rings. The zero-order valence-electron chi connectivity index (χ0n) is 7.58. The van der Waals surface area contributed by atoms with Crippen LogP contribution in [0.1, 0.15) is 19.3 Å². The normalized spacial score (nSPS) is 32.1. The largest absolute Gasteiger partial charge is 0.459 e. The first kappa shape index (κ1) is 8.97. The number of carbonyl (C=O) groups excluding carboxylic acids is 1. The van der Waals surface area contributed by atoms with Gasteiger partial charge in [0, 0.05) is 18.8 Å². The average Bonchev–Trinajstić information content (AvgIpc) is 2.43. The fraction of sp³-hybridized carbons (Fsp3) is 0.889. The van der Waals surface area contributed by atoms with E-state index in [2.05, 4.69) is 5.32 Å². The summed E-state index contributed by atoms with van der Waals surface area (Å²) < 4.78 is 5.35. The molecule has 0 aromatic carbocycles. The van der Waals surface area contributed by atoms with Crippen molar-refractivity contribution in [1.29, 1.82) is 0 Å². The van der Waals surface area contributed by atoms with Gasteiger partial charge in [-0.1, -0.05) is 0 Å². The molecular formula is C9H15NO3. The van der Waals surface area contributed by atoms with E-state index in [1.807, 2.05) is 0 Å². The maximum absolute atomic E-state index is 11.1. The van der Waals surface area contributed by atoms with E-state index in [9.17, 15) is 4.79 Å². The predicted molar refractivity (Wildman–Crippen MR) is 46.1 cm³/mol. The molecule has 2 fully saturated rings. The quantitative estimate of drug-likeness (QED) is 0.549. The lowest BCUT2D eigenvalue weighted by Crippen LogP contribution is -2.46. The van der Waals surface area contributed by atoms with E-state index in [0.29, 0.717) is 6.42 Å². The van der Waals surface area contributed by atoms with Gasteiger partial charge in [-0.2, -0.15) is 0 Å². The Hall–Kier alpha value is -0.610. The minimum absolute atomic E-state index is 0.0158. The summed E-state index contributed by atoms with van der Waals surface area (Å²) >= 11 is 0. The molecule has 0 saturated carbocycles. The molecule has 0 aromatic rings. The van der Waals surface area contributed by atoms with Crippen molar-refractivity contribution < 1.29 is 14.6 Å². The molecule has 4 heteroatoms. The first-order chi connectivity index (χ1) is 6.27. The number of aliphatic hydroxyl groups excluding tert-OH is 1. The third kappa shape index (κ3) is 1.44. The third-order valence-electron chi connectivity index (χ3n) is 3.14. The molecule has 1 spiro atoms. The topological polar surface area (TPSA) is 58.6 Å². The van der Waals surface area contributed by atoms with Gasteiger partial charge in [0.2, 0.25) is 0 Å². The van der Waals surface area contributed by atoms with Crippen molar-refractivity contribution in [3.05, 3.63) is 0 Å². The molecular weight excluding hydrogens is 170 g/mol. The summed E-state index contributed by atoms with van der Waals surface area (Å²) in [4.78, 5) is 11.1. The molecule has 0 amide bonds. The van der Waals surface area contributed by atoms with Crippen LogP contribution in [-0.4, -0.2) is 36.4 Å². The first-order valence-electron chi connectivity index (χ1n) is 4.80. The Morgan fingerprint density at radius 1 is 1.54 bits per heavy atom. The van der Waals surface area contributed by atoms with Crippen molar-refractivity contribution in [3.8, 4) is 0 Å². The summed E-state index contributed by atoms with van der Waals surface area (Å²) in [6, 6.07) is 0. The molecule has 2 saturated heterocycles.